The molecule has 3 heteroatoms. The number of allylic oxidation sites excluding steroid dienone is 1. The van der Waals surface area contributed by atoms with Gasteiger partial charge in [-0.25, -0.2) is 0 Å². The van der Waals surface area contributed by atoms with Gasteiger partial charge >= 0.3 is 0 Å². The van der Waals surface area contributed by atoms with E-state index < -0.39 is 0 Å². The van der Waals surface area contributed by atoms with Crippen LogP contribution >= 0.6 is 0 Å². The molecule has 0 saturated carbocycles. The van der Waals surface area contributed by atoms with Gasteiger partial charge in [0, 0.05) is 35.5 Å². The first-order valence-corrected chi connectivity index (χ1v) is 6.12. The Labute approximate surface area is 102 Å². The third kappa shape index (κ3) is 2.44. The molecule has 2 N–H and O–H groups in total. The van der Waals surface area contributed by atoms with Crippen molar-refractivity contribution in [3.63, 3.8) is 0 Å². The minimum atomic E-state index is 0.0217. The van der Waals surface area contributed by atoms with Gasteiger partial charge in [-0.2, -0.15) is 0 Å². The van der Waals surface area contributed by atoms with E-state index in [4.69, 9.17) is 4.42 Å². The maximum absolute atomic E-state index is 9.36. The fourth-order valence-corrected chi connectivity index (χ4v) is 1.99. The van der Waals surface area contributed by atoms with Crippen LogP contribution in [0.15, 0.2) is 22.9 Å². The number of rotatable bonds is 4. The molecular weight excluding hydrogens is 214 g/mol. The Morgan fingerprint density at radius 1 is 1.35 bits per heavy atom. The van der Waals surface area contributed by atoms with Gasteiger partial charge in [0.05, 0.1) is 6.61 Å². The summed E-state index contributed by atoms with van der Waals surface area (Å²) in [7, 11) is 0. The van der Waals surface area contributed by atoms with Gasteiger partial charge in [0.25, 0.3) is 0 Å². The van der Waals surface area contributed by atoms with Crippen LogP contribution < -0.4 is 5.32 Å². The van der Waals surface area contributed by atoms with Crippen LogP contribution in [0.4, 0.5) is 0 Å². The van der Waals surface area contributed by atoms with Crippen molar-refractivity contribution in [2.75, 3.05) is 6.61 Å². The summed E-state index contributed by atoms with van der Waals surface area (Å²) in [6, 6.07) is 2.05. The van der Waals surface area contributed by atoms with Crippen molar-refractivity contribution in [3.8, 4) is 0 Å². The normalized spacial score (nSPS) is 14.5. The highest BCUT2D eigenvalue weighted by Gasteiger charge is 2.17. The van der Waals surface area contributed by atoms with Gasteiger partial charge in [-0.3, -0.25) is 0 Å². The van der Waals surface area contributed by atoms with Crippen molar-refractivity contribution >= 4 is 11.1 Å². The first-order chi connectivity index (χ1) is 8.26. The van der Waals surface area contributed by atoms with Crippen molar-refractivity contribution in [1.82, 2.24) is 5.32 Å². The monoisotopic (exact) mass is 233 g/mol. The number of fused-ring (bicyclic) bond motifs is 1. The molecule has 2 rings (SSSR count). The highest BCUT2D eigenvalue weighted by molar-refractivity contribution is 5.78. The molecule has 0 atom stereocenters. The van der Waals surface area contributed by atoms with Crippen molar-refractivity contribution in [2.24, 2.45) is 0 Å². The summed E-state index contributed by atoms with van der Waals surface area (Å²) in [6.07, 6.45) is 6.97. The van der Waals surface area contributed by atoms with E-state index in [1.165, 1.54) is 0 Å². The predicted molar refractivity (Wildman–Crippen MR) is 69.2 cm³/mol. The summed E-state index contributed by atoms with van der Waals surface area (Å²) < 4.78 is 5.87. The zero-order valence-electron chi connectivity index (χ0n) is 10.4. The van der Waals surface area contributed by atoms with E-state index in [1.807, 2.05) is 19.3 Å². The van der Waals surface area contributed by atoms with E-state index in [-0.39, 0.29) is 6.61 Å². The van der Waals surface area contributed by atoms with Gasteiger partial charge in [0.1, 0.15) is 11.5 Å². The van der Waals surface area contributed by atoms with Crippen molar-refractivity contribution < 1.29 is 9.52 Å². The lowest BCUT2D eigenvalue weighted by Crippen LogP contribution is -1.96. The molecular formula is C14H19NO2. The Kier molecular flexibility index (Phi) is 3.69. The third-order valence-electron chi connectivity index (χ3n) is 2.99. The van der Waals surface area contributed by atoms with Crippen molar-refractivity contribution in [2.45, 2.75) is 33.1 Å². The van der Waals surface area contributed by atoms with Crippen LogP contribution in [0.1, 0.15) is 43.8 Å². The van der Waals surface area contributed by atoms with Gasteiger partial charge < -0.3 is 14.8 Å². The molecule has 2 heterocycles. The van der Waals surface area contributed by atoms with E-state index in [2.05, 4.69) is 18.3 Å². The Bertz CT molecular complexity index is 455. The molecule has 0 bridgehead atoms. The molecule has 17 heavy (non-hydrogen) atoms. The molecule has 92 valence electrons. The topological polar surface area (TPSA) is 45.4 Å². The van der Waals surface area contributed by atoms with E-state index in [0.717, 1.165) is 47.5 Å². The summed E-state index contributed by atoms with van der Waals surface area (Å²) in [5.74, 6) is 1.88. The zero-order chi connectivity index (χ0) is 12.3. The summed E-state index contributed by atoms with van der Waals surface area (Å²) in [6.45, 7) is 4.20. The minimum Gasteiger partial charge on any atom is -0.461 e. The van der Waals surface area contributed by atoms with Gasteiger partial charge in [-0.05, 0) is 19.4 Å². The van der Waals surface area contributed by atoms with Crippen LogP contribution in [0.2, 0.25) is 0 Å². The van der Waals surface area contributed by atoms with Crippen molar-refractivity contribution in [1.29, 1.82) is 0 Å². The Balaban J connectivity index is 2.35. The lowest BCUT2D eigenvalue weighted by molar-refractivity contribution is 0.349. The lowest BCUT2D eigenvalue weighted by Gasteiger charge is -2.00. The van der Waals surface area contributed by atoms with E-state index in [1.54, 1.807) is 0 Å². The van der Waals surface area contributed by atoms with Gasteiger partial charge in [-0.1, -0.05) is 13.3 Å². The van der Waals surface area contributed by atoms with Crippen LogP contribution in [-0.4, -0.2) is 11.7 Å². The first kappa shape index (κ1) is 12.0. The van der Waals surface area contributed by atoms with Crippen LogP contribution in [0, 0.1) is 0 Å². The van der Waals surface area contributed by atoms with Gasteiger partial charge in [-0.15, -0.1) is 0 Å². The van der Waals surface area contributed by atoms with E-state index in [0.29, 0.717) is 0 Å². The number of nitrogens with one attached hydrogen (secondary N) is 1. The summed E-state index contributed by atoms with van der Waals surface area (Å²) in [4.78, 5) is 0. The van der Waals surface area contributed by atoms with Gasteiger partial charge in [0.15, 0.2) is 0 Å². The Morgan fingerprint density at radius 2 is 2.18 bits per heavy atom. The molecule has 0 radical (unpaired) electrons. The predicted octanol–water partition coefficient (Wildman–Crippen LogP) is 2.92. The maximum atomic E-state index is 9.36. The SMILES string of the molecule is CCCCc1cc2c(o1)C(C)=CNC=C2CO. The molecule has 1 aromatic heterocycles. The summed E-state index contributed by atoms with van der Waals surface area (Å²) in [5, 5.41) is 12.4. The zero-order valence-corrected chi connectivity index (χ0v) is 10.4. The van der Waals surface area contributed by atoms with Crippen molar-refractivity contribution in [3.05, 3.63) is 35.6 Å². The largest absolute Gasteiger partial charge is 0.461 e. The molecule has 0 aliphatic carbocycles. The average molecular weight is 233 g/mol. The molecule has 0 fully saturated rings. The standard InChI is InChI=1S/C14H19NO2/c1-3-4-5-12-6-13-11(9-16)8-15-7-10(2)14(13)17-12/h6-8,15-16H,3-5,9H2,1-2H3. The van der Waals surface area contributed by atoms with Gasteiger partial charge in [0.2, 0.25) is 0 Å². The van der Waals surface area contributed by atoms with Crippen LogP contribution in [0.3, 0.4) is 0 Å². The second kappa shape index (κ2) is 5.23. The molecule has 1 aliphatic heterocycles. The Morgan fingerprint density at radius 3 is 2.88 bits per heavy atom. The molecule has 1 aromatic rings. The molecule has 0 amide bonds. The molecule has 0 aromatic carbocycles. The average Bonchev–Trinajstić information content (AvgIpc) is 2.70. The molecule has 0 spiro atoms. The second-order valence-corrected chi connectivity index (χ2v) is 4.38. The number of aliphatic hydroxyl groups is 1. The lowest BCUT2D eigenvalue weighted by atomic mass is 10.0. The van der Waals surface area contributed by atoms with E-state index >= 15 is 0 Å². The summed E-state index contributed by atoms with van der Waals surface area (Å²) in [5.41, 5.74) is 2.94. The maximum Gasteiger partial charge on any atom is 0.139 e. The highest BCUT2D eigenvalue weighted by Crippen LogP contribution is 2.30. The number of hydrogen-bond acceptors (Lipinski definition) is 3. The van der Waals surface area contributed by atoms with Crippen LogP contribution in [0.25, 0.3) is 11.1 Å². The molecule has 0 saturated heterocycles. The van der Waals surface area contributed by atoms with Crippen LogP contribution in [0.5, 0.6) is 0 Å². The number of aliphatic hydroxyl groups excluding tert-OH is 1. The molecule has 0 unspecified atom stereocenters. The molecule has 1 aliphatic rings. The fourth-order valence-electron chi connectivity index (χ4n) is 1.99. The smallest absolute Gasteiger partial charge is 0.139 e. The van der Waals surface area contributed by atoms with E-state index in [9.17, 15) is 5.11 Å². The number of furan rings is 1. The molecule has 3 nitrogen and oxygen atoms in total. The second-order valence-electron chi connectivity index (χ2n) is 4.38. The summed E-state index contributed by atoms with van der Waals surface area (Å²) >= 11 is 0. The number of unbranched alkanes of at least 4 members (excludes halogenated alkanes) is 1. The quantitative estimate of drug-likeness (QED) is 0.840. The fraction of sp³-hybridized carbons (Fsp3) is 0.429. The third-order valence-corrected chi connectivity index (χ3v) is 2.99. The number of hydrogen-bond donors (Lipinski definition) is 2. The highest BCUT2D eigenvalue weighted by atomic mass is 16.3. The minimum absolute atomic E-state index is 0.0217. The first-order valence-electron chi connectivity index (χ1n) is 6.12. The van der Waals surface area contributed by atoms with Crippen LogP contribution in [-0.2, 0) is 6.42 Å². The Hall–Kier alpha value is -1.48. The number of aryl methyl sites for hydroxylation is 1.